The third-order valence-corrected chi connectivity index (χ3v) is 12.7. The number of fused-ring (bicyclic) bond motifs is 2. The first kappa shape index (κ1) is 26.4. The van der Waals surface area contributed by atoms with Crippen molar-refractivity contribution in [2.24, 2.45) is 11.3 Å². The summed E-state index contributed by atoms with van der Waals surface area (Å²) in [6, 6.07) is 23.0. The molecular weight excluding hydrogens is 532 g/mol. The lowest BCUT2D eigenvalue weighted by atomic mass is 9.34. The van der Waals surface area contributed by atoms with Crippen molar-refractivity contribution in [3.05, 3.63) is 88.5 Å². The minimum atomic E-state index is -0.376. The van der Waals surface area contributed by atoms with Gasteiger partial charge in [0.25, 0.3) is 0 Å². The van der Waals surface area contributed by atoms with Gasteiger partial charge in [-0.15, -0.1) is 0 Å². The Kier molecular flexibility index (Phi) is 5.67. The van der Waals surface area contributed by atoms with Gasteiger partial charge in [0.2, 0.25) is 0 Å². The lowest BCUT2D eigenvalue weighted by Gasteiger charge is -2.74. The van der Waals surface area contributed by atoms with Crippen molar-refractivity contribution in [3.8, 4) is 11.5 Å². The molecule has 3 aromatic rings. The fraction of sp³-hybridized carbons (Fsp3) is 0.526. The second kappa shape index (κ2) is 9.25. The summed E-state index contributed by atoms with van der Waals surface area (Å²) in [4.78, 5) is 2.92. The molecule has 10 rings (SSSR count). The Balaban J connectivity index is 1.15. The summed E-state index contributed by atoms with van der Waals surface area (Å²) in [5.41, 5.74) is 7.92. The Morgan fingerprint density at radius 2 is 1.88 bits per heavy atom. The van der Waals surface area contributed by atoms with E-state index in [-0.39, 0.29) is 28.5 Å². The number of rotatable bonds is 8. The molecule has 4 saturated carbocycles. The number of nitrogens with one attached hydrogen (secondary N) is 1. The zero-order valence-corrected chi connectivity index (χ0v) is 25.8. The standard InChI is InChI=1S/C38H44N2O3/c1-24-6-4-7-26(18-24)22-39-29-9-5-8-27(19-29)30-21-36-14-15-38(30,42-3)35-37(36)16-17-40(23-25-10-11-25)32(36)20-28-12-13-31(41-2)34(43-35)33(28)37/h4-9,12-13,18-19,25,30,32,35,39H,10-11,14-17,20-23H2,1-3H3/t30-,32-,35-,36-,37+,38-/m1/s1. The van der Waals surface area contributed by atoms with Crippen molar-refractivity contribution < 1.29 is 14.2 Å². The van der Waals surface area contributed by atoms with E-state index in [1.54, 1.807) is 7.11 Å². The van der Waals surface area contributed by atoms with Gasteiger partial charge in [0.05, 0.1) is 7.11 Å². The van der Waals surface area contributed by atoms with Gasteiger partial charge in [0.15, 0.2) is 11.5 Å². The van der Waals surface area contributed by atoms with E-state index in [9.17, 15) is 0 Å². The Morgan fingerprint density at radius 1 is 1.00 bits per heavy atom. The second-order valence-corrected chi connectivity index (χ2v) is 14.5. The van der Waals surface area contributed by atoms with Crippen LogP contribution in [0.2, 0.25) is 0 Å². The number of benzene rings is 3. The van der Waals surface area contributed by atoms with E-state index in [4.69, 9.17) is 14.2 Å². The molecule has 2 spiro atoms. The molecule has 5 heteroatoms. The van der Waals surface area contributed by atoms with E-state index in [0.29, 0.717) is 6.04 Å². The van der Waals surface area contributed by atoms with Crippen LogP contribution in [-0.4, -0.2) is 50.0 Å². The average Bonchev–Trinajstić information content (AvgIpc) is 3.78. The lowest BCUT2D eigenvalue weighted by molar-refractivity contribution is -0.261. The summed E-state index contributed by atoms with van der Waals surface area (Å²) in [6.07, 6.45) is 8.50. The molecule has 5 aliphatic carbocycles. The van der Waals surface area contributed by atoms with Gasteiger partial charge in [-0.1, -0.05) is 48.0 Å². The number of hydrogen-bond acceptors (Lipinski definition) is 5. The number of methoxy groups -OCH3 is 2. The largest absolute Gasteiger partial charge is 0.493 e. The Labute approximate surface area is 255 Å². The third-order valence-electron chi connectivity index (χ3n) is 12.7. The zero-order valence-electron chi connectivity index (χ0n) is 25.8. The monoisotopic (exact) mass is 576 g/mol. The summed E-state index contributed by atoms with van der Waals surface area (Å²) < 4.78 is 20.1. The van der Waals surface area contributed by atoms with Crippen molar-refractivity contribution in [1.29, 1.82) is 0 Å². The Morgan fingerprint density at radius 3 is 2.70 bits per heavy atom. The molecule has 43 heavy (non-hydrogen) atoms. The van der Waals surface area contributed by atoms with Crippen molar-refractivity contribution in [3.63, 3.8) is 0 Å². The van der Waals surface area contributed by atoms with E-state index in [1.165, 1.54) is 65.9 Å². The van der Waals surface area contributed by atoms with Gasteiger partial charge in [-0.2, -0.15) is 0 Å². The van der Waals surface area contributed by atoms with Crippen LogP contribution in [0.25, 0.3) is 0 Å². The summed E-state index contributed by atoms with van der Waals surface area (Å²) in [6.45, 7) is 5.42. The first-order chi connectivity index (χ1) is 21.0. The van der Waals surface area contributed by atoms with Crippen LogP contribution in [0.3, 0.4) is 0 Å². The fourth-order valence-electron chi connectivity index (χ4n) is 10.8. The maximum Gasteiger partial charge on any atom is 0.165 e. The summed E-state index contributed by atoms with van der Waals surface area (Å²) in [5, 5.41) is 3.73. The first-order valence-corrected chi connectivity index (χ1v) is 16.6. The quantitative estimate of drug-likeness (QED) is 0.313. The fourth-order valence-corrected chi connectivity index (χ4v) is 10.8. The highest BCUT2D eigenvalue weighted by atomic mass is 16.6. The molecule has 1 N–H and O–H groups in total. The summed E-state index contributed by atoms with van der Waals surface area (Å²) >= 11 is 0. The van der Waals surface area contributed by atoms with Crippen LogP contribution in [0.1, 0.15) is 72.3 Å². The molecular formula is C38H44N2O3. The lowest BCUT2D eigenvalue weighted by Crippen LogP contribution is -2.80. The Hall–Kier alpha value is -3.02. The third kappa shape index (κ3) is 3.47. The number of ether oxygens (including phenoxy) is 3. The SMILES string of the molecule is COc1ccc2c3c1O[C@H]1[C@@]4(OC)CC[C@@]5(C[C@@H]4c4cccc(NCc6cccc(C)c6)c4)[C@@H](C2)N(CC2CC2)CC[C@]315. The van der Waals surface area contributed by atoms with Crippen LogP contribution in [0.15, 0.2) is 60.7 Å². The molecule has 3 aromatic carbocycles. The number of likely N-dealkylation sites (tertiary alicyclic amines) is 1. The van der Waals surface area contributed by atoms with E-state index in [1.807, 2.05) is 7.11 Å². The van der Waals surface area contributed by atoms with Gasteiger partial charge < -0.3 is 19.5 Å². The maximum absolute atomic E-state index is 7.27. The van der Waals surface area contributed by atoms with Crippen LogP contribution >= 0.6 is 0 Å². The van der Waals surface area contributed by atoms with E-state index < -0.39 is 0 Å². The van der Waals surface area contributed by atoms with Gasteiger partial charge in [0, 0.05) is 54.2 Å². The molecule has 1 saturated heterocycles. The van der Waals surface area contributed by atoms with Gasteiger partial charge in [-0.05, 0) is 99.2 Å². The molecule has 0 unspecified atom stereocenters. The molecule has 224 valence electrons. The van der Waals surface area contributed by atoms with Crippen LogP contribution in [0.5, 0.6) is 11.5 Å². The summed E-state index contributed by atoms with van der Waals surface area (Å²) in [5.74, 6) is 3.07. The highest BCUT2D eigenvalue weighted by Crippen LogP contribution is 2.78. The van der Waals surface area contributed by atoms with Crippen molar-refractivity contribution in [2.75, 3.05) is 32.6 Å². The van der Waals surface area contributed by atoms with Gasteiger partial charge in [0.1, 0.15) is 11.7 Å². The van der Waals surface area contributed by atoms with E-state index in [2.05, 4.69) is 77.8 Å². The predicted octanol–water partition coefficient (Wildman–Crippen LogP) is 7.01. The van der Waals surface area contributed by atoms with Crippen LogP contribution < -0.4 is 14.8 Å². The zero-order chi connectivity index (χ0) is 29.0. The molecule has 0 radical (unpaired) electrons. The number of nitrogens with zero attached hydrogens (tertiary/aromatic N) is 1. The molecule has 0 aromatic heterocycles. The highest BCUT2D eigenvalue weighted by molar-refractivity contribution is 5.64. The Bertz CT molecular complexity index is 1600. The first-order valence-electron chi connectivity index (χ1n) is 16.6. The van der Waals surface area contributed by atoms with E-state index >= 15 is 0 Å². The molecule has 2 heterocycles. The molecule has 7 aliphatic rings. The summed E-state index contributed by atoms with van der Waals surface area (Å²) in [7, 11) is 3.74. The minimum absolute atomic E-state index is 0.00247. The molecule has 0 amide bonds. The van der Waals surface area contributed by atoms with Crippen LogP contribution in [0.4, 0.5) is 5.69 Å². The smallest absolute Gasteiger partial charge is 0.165 e. The minimum Gasteiger partial charge on any atom is -0.493 e. The van der Waals surface area contributed by atoms with Gasteiger partial charge in [-0.3, -0.25) is 4.90 Å². The maximum atomic E-state index is 7.27. The average molecular weight is 577 g/mol. The number of anilines is 1. The molecule has 5 fully saturated rings. The van der Waals surface area contributed by atoms with Crippen molar-refractivity contribution in [1.82, 2.24) is 4.90 Å². The number of hydrogen-bond donors (Lipinski definition) is 1. The van der Waals surface area contributed by atoms with Crippen molar-refractivity contribution >= 4 is 5.69 Å². The molecule has 5 nitrogen and oxygen atoms in total. The molecule has 6 atom stereocenters. The second-order valence-electron chi connectivity index (χ2n) is 14.5. The van der Waals surface area contributed by atoms with E-state index in [0.717, 1.165) is 49.6 Å². The topological polar surface area (TPSA) is 43.0 Å². The molecule has 2 aliphatic heterocycles. The van der Waals surface area contributed by atoms with Crippen LogP contribution in [0, 0.1) is 18.3 Å². The highest BCUT2D eigenvalue weighted by Gasteiger charge is 2.80. The van der Waals surface area contributed by atoms with Gasteiger partial charge in [-0.25, -0.2) is 0 Å². The van der Waals surface area contributed by atoms with Crippen LogP contribution in [-0.2, 0) is 23.1 Å². The predicted molar refractivity (Wildman–Crippen MR) is 169 cm³/mol. The number of aryl methyl sites for hydroxylation is 1. The number of piperidine rings is 1. The normalized spacial score (nSPS) is 34.9. The van der Waals surface area contributed by atoms with Crippen molar-refractivity contribution in [2.45, 2.75) is 87.5 Å². The van der Waals surface area contributed by atoms with Gasteiger partial charge >= 0.3 is 0 Å². The molecule has 4 bridgehead atoms.